The Morgan fingerprint density at radius 3 is 2.48 bits per heavy atom. The van der Waals surface area contributed by atoms with Gasteiger partial charge in [0.25, 0.3) is 0 Å². The van der Waals surface area contributed by atoms with Gasteiger partial charge in [0, 0.05) is 29.3 Å². The minimum Gasteiger partial charge on any atom is -0.381 e. The number of piperidine rings is 1. The fourth-order valence-electron chi connectivity index (χ4n) is 4.36. The average Bonchev–Trinajstić information content (AvgIpc) is 3.26. The molecule has 0 unspecified atom stereocenters. The van der Waals surface area contributed by atoms with Crippen LogP contribution in [0.5, 0.6) is 0 Å². The van der Waals surface area contributed by atoms with Crippen LogP contribution >= 0.6 is 0 Å². The van der Waals surface area contributed by atoms with Crippen molar-refractivity contribution in [1.29, 1.82) is 0 Å². The van der Waals surface area contributed by atoms with Crippen LogP contribution in [-0.2, 0) is 12.1 Å². The summed E-state index contributed by atoms with van der Waals surface area (Å²) in [6.45, 7) is 3.09. The second-order valence-electron chi connectivity index (χ2n) is 8.03. The molecule has 1 fully saturated rings. The van der Waals surface area contributed by atoms with Crippen LogP contribution in [0.15, 0.2) is 49.2 Å². The predicted molar refractivity (Wildman–Crippen MR) is 107 cm³/mol. The Labute approximate surface area is 178 Å². The van der Waals surface area contributed by atoms with Crippen molar-refractivity contribution in [3.8, 4) is 0 Å². The van der Waals surface area contributed by atoms with Crippen molar-refractivity contribution >= 4 is 0 Å². The summed E-state index contributed by atoms with van der Waals surface area (Å²) in [6.07, 6.45) is 5.56. The summed E-state index contributed by atoms with van der Waals surface area (Å²) in [5, 5.41) is 15.8. The molecule has 0 aliphatic carbocycles. The van der Waals surface area contributed by atoms with E-state index in [-0.39, 0.29) is 23.8 Å². The van der Waals surface area contributed by atoms with E-state index in [0.717, 1.165) is 30.7 Å². The highest BCUT2D eigenvalue weighted by Gasteiger charge is 2.42. The summed E-state index contributed by atoms with van der Waals surface area (Å²) >= 11 is 0. The summed E-state index contributed by atoms with van der Waals surface area (Å²) in [5.41, 5.74) is -0.803. The summed E-state index contributed by atoms with van der Waals surface area (Å²) in [7, 11) is 0. The third-order valence-electron chi connectivity index (χ3n) is 6.20. The minimum atomic E-state index is -1.66. The monoisotopic (exact) mass is 431 g/mol. The van der Waals surface area contributed by atoms with Crippen molar-refractivity contribution in [2.24, 2.45) is 0 Å². The Bertz CT molecular complexity index is 1010. The maximum atomic E-state index is 14.7. The zero-order valence-corrected chi connectivity index (χ0v) is 17.1. The molecule has 2 atom stereocenters. The van der Waals surface area contributed by atoms with Crippen molar-refractivity contribution in [3.63, 3.8) is 0 Å². The highest BCUT2D eigenvalue weighted by atomic mass is 19.1. The maximum absolute atomic E-state index is 14.7. The molecule has 0 saturated carbocycles. The Balaban J connectivity index is 1.56. The number of likely N-dealkylation sites (tertiary alicyclic amines) is 1. The van der Waals surface area contributed by atoms with Gasteiger partial charge in [-0.05, 0) is 51.1 Å². The van der Waals surface area contributed by atoms with E-state index < -0.39 is 23.3 Å². The van der Waals surface area contributed by atoms with Crippen molar-refractivity contribution in [3.05, 3.63) is 77.9 Å². The van der Waals surface area contributed by atoms with Gasteiger partial charge in [-0.25, -0.2) is 22.8 Å². The molecule has 1 aliphatic heterocycles. The van der Waals surface area contributed by atoms with Gasteiger partial charge in [-0.2, -0.15) is 5.10 Å². The lowest BCUT2D eigenvalue weighted by atomic mass is 9.83. The second kappa shape index (κ2) is 8.76. The van der Waals surface area contributed by atoms with Gasteiger partial charge in [0.2, 0.25) is 0 Å². The summed E-state index contributed by atoms with van der Waals surface area (Å²) in [4.78, 5) is 10.2. The highest BCUT2D eigenvalue weighted by molar-refractivity contribution is 5.27. The predicted octanol–water partition coefficient (Wildman–Crippen LogP) is 3.25. The van der Waals surface area contributed by atoms with Crippen LogP contribution in [0.2, 0.25) is 0 Å². The summed E-state index contributed by atoms with van der Waals surface area (Å²) < 4.78 is 42.8. The molecule has 0 spiro atoms. The average molecular weight is 431 g/mol. The number of hydrogen-bond donors (Lipinski definition) is 1. The second-order valence-corrected chi connectivity index (χ2v) is 8.03. The van der Waals surface area contributed by atoms with E-state index in [9.17, 15) is 18.3 Å². The lowest BCUT2D eigenvalue weighted by Gasteiger charge is -2.44. The lowest BCUT2D eigenvalue weighted by molar-refractivity contribution is -0.0692. The summed E-state index contributed by atoms with van der Waals surface area (Å²) in [5.74, 6) is -1.69. The normalized spacial score (nSPS) is 18.6. The van der Waals surface area contributed by atoms with Crippen molar-refractivity contribution < 1.29 is 18.3 Å². The third-order valence-corrected chi connectivity index (χ3v) is 6.20. The SMILES string of the molecule is C[C@@H](N1CCC(c2ccc(F)cn2)CC1)[C@](O)(Cn1cncn1)c1ccc(F)cc1F. The highest BCUT2D eigenvalue weighted by Crippen LogP contribution is 2.36. The molecule has 1 aromatic carbocycles. The molecule has 1 aliphatic rings. The first kappa shape index (κ1) is 21.5. The molecule has 3 aromatic rings. The van der Waals surface area contributed by atoms with E-state index >= 15 is 0 Å². The van der Waals surface area contributed by atoms with Crippen LogP contribution in [0.25, 0.3) is 0 Å². The standard InChI is InChI=1S/C22H24F3N5O/c1-15(29-8-6-16(7-9-29)21-5-3-18(24)11-27-21)22(31,12-30-14-26-13-28-30)19-4-2-17(23)10-20(19)25/h2-5,10-11,13-16,31H,6-9,12H2,1H3/t15-,22-/m1/s1. The number of rotatable bonds is 6. The van der Waals surface area contributed by atoms with Gasteiger partial charge < -0.3 is 5.11 Å². The van der Waals surface area contributed by atoms with Crippen LogP contribution < -0.4 is 0 Å². The van der Waals surface area contributed by atoms with Crippen molar-refractivity contribution in [2.75, 3.05) is 13.1 Å². The first-order valence-corrected chi connectivity index (χ1v) is 10.2. The van der Waals surface area contributed by atoms with Gasteiger partial charge in [-0.3, -0.25) is 9.88 Å². The number of halogens is 3. The molecular weight excluding hydrogens is 407 g/mol. The van der Waals surface area contributed by atoms with Crippen LogP contribution in [-0.4, -0.2) is 48.9 Å². The Morgan fingerprint density at radius 2 is 1.87 bits per heavy atom. The molecule has 1 saturated heterocycles. The molecule has 6 nitrogen and oxygen atoms in total. The topological polar surface area (TPSA) is 67.1 Å². The lowest BCUT2D eigenvalue weighted by Crippen LogP contribution is -2.53. The van der Waals surface area contributed by atoms with Gasteiger partial charge in [0.15, 0.2) is 0 Å². The smallest absolute Gasteiger partial charge is 0.141 e. The zero-order chi connectivity index (χ0) is 22.0. The Hall–Kier alpha value is -2.78. The molecule has 4 rings (SSSR count). The molecule has 1 N–H and O–H groups in total. The van der Waals surface area contributed by atoms with E-state index in [1.807, 2.05) is 6.92 Å². The van der Waals surface area contributed by atoms with E-state index in [0.29, 0.717) is 13.1 Å². The first-order valence-electron chi connectivity index (χ1n) is 10.2. The van der Waals surface area contributed by atoms with Gasteiger partial charge in [-0.1, -0.05) is 6.07 Å². The van der Waals surface area contributed by atoms with Crippen LogP contribution in [0, 0.1) is 17.5 Å². The van der Waals surface area contributed by atoms with Crippen molar-refractivity contribution in [2.45, 2.75) is 43.9 Å². The molecule has 3 heterocycles. The molecule has 0 bridgehead atoms. The Kier molecular flexibility index (Phi) is 6.06. The molecule has 31 heavy (non-hydrogen) atoms. The summed E-state index contributed by atoms with van der Waals surface area (Å²) in [6, 6.07) is 5.83. The largest absolute Gasteiger partial charge is 0.381 e. The number of hydrogen-bond acceptors (Lipinski definition) is 5. The van der Waals surface area contributed by atoms with E-state index in [2.05, 4.69) is 20.0 Å². The van der Waals surface area contributed by atoms with E-state index in [4.69, 9.17) is 0 Å². The Morgan fingerprint density at radius 1 is 1.13 bits per heavy atom. The minimum absolute atomic E-state index is 0.0132. The van der Waals surface area contributed by atoms with E-state index in [1.165, 1.54) is 35.7 Å². The molecule has 0 amide bonds. The van der Waals surface area contributed by atoms with Gasteiger partial charge in [-0.15, -0.1) is 0 Å². The van der Waals surface area contributed by atoms with E-state index in [1.54, 1.807) is 6.07 Å². The molecule has 164 valence electrons. The molecular formula is C22H24F3N5O. The number of nitrogens with zero attached hydrogens (tertiary/aromatic N) is 5. The zero-order valence-electron chi connectivity index (χ0n) is 17.1. The van der Waals surface area contributed by atoms with Gasteiger partial charge in [0.05, 0.1) is 12.7 Å². The maximum Gasteiger partial charge on any atom is 0.141 e. The fraction of sp³-hybridized carbons (Fsp3) is 0.409. The van der Waals surface area contributed by atoms with Crippen LogP contribution in [0.1, 0.15) is 36.9 Å². The number of pyridine rings is 1. The fourth-order valence-corrected chi connectivity index (χ4v) is 4.36. The van der Waals surface area contributed by atoms with Gasteiger partial charge in [0.1, 0.15) is 35.7 Å². The van der Waals surface area contributed by atoms with Crippen LogP contribution in [0.3, 0.4) is 0 Å². The quantitative estimate of drug-likeness (QED) is 0.649. The molecule has 0 radical (unpaired) electrons. The molecule has 2 aromatic heterocycles. The van der Waals surface area contributed by atoms with Crippen LogP contribution in [0.4, 0.5) is 13.2 Å². The number of aromatic nitrogens is 4. The number of aliphatic hydroxyl groups is 1. The number of benzene rings is 1. The first-order chi connectivity index (χ1) is 14.9. The molecule has 9 heteroatoms. The van der Waals surface area contributed by atoms with Crippen molar-refractivity contribution in [1.82, 2.24) is 24.6 Å². The van der Waals surface area contributed by atoms with Gasteiger partial charge >= 0.3 is 0 Å². The third kappa shape index (κ3) is 4.47.